The Hall–Kier alpha value is -4.30. The van der Waals surface area contributed by atoms with Gasteiger partial charge in [0.05, 0.1) is 23.7 Å². The molecule has 1 saturated heterocycles. The number of aliphatic hydroxyl groups excluding tert-OH is 1. The van der Waals surface area contributed by atoms with Gasteiger partial charge in [-0.25, -0.2) is 0 Å². The third-order valence-corrected chi connectivity index (χ3v) is 6.33. The summed E-state index contributed by atoms with van der Waals surface area (Å²) < 4.78 is 5.18. The maximum Gasteiger partial charge on any atom is 0.300 e. The van der Waals surface area contributed by atoms with Gasteiger partial charge in [0.1, 0.15) is 11.5 Å². The van der Waals surface area contributed by atoms with Crippen molar-refractivity contribution in [1.82, 2.24) is 0 Å². The van der Waals surface area contributed by atoms with Crippen LogP contribution in [0.15, 0.2) is 72.3 Å². The fraction of sp³-hybridized carbons (Fsp3) is 0.179. The monoisotopic (exact) mass is 519 g/mol. The standard InChI is InChI=1S/C28H26ClN3O5/c1-16(33)30-19-6-5-7-21(15-19)32-25(17-8-11-20(12-9-17)31(2)3)24(27(35)28(32)36)26(34)18-10-13-23(37-4)22(29)14-18/h5-15,25,34H,1-4H3,(H,30,33)/b26-24+. The van der Waals surface area contributed by atoms with E-state index in [9.17, 15) is 19.5 Å². The summed E-state index contributed by atoms with van der Waals surface area (Å²) in [5, 5.41) is 14.3. The van der Waals surface area contributed by atoms with Crippen LogP contribution in [0.1, 0.15) is 24.1 Å². The van der Waals surface area contributed by atoms with E-state index < -0.39 is 17.7 Å². The number of ether oxygens (including phenoxy) is 1. The number of anilines is 3. The summed E-state index contributed by atoms with van der Waals surface area (Å²) in [6.07, 6.45) is 0. The number of Topliss-reactive ketones (excluding diaryl/α,β-unsaturated/α-hetero) is 1. The molecule has 1 heterocycles. The molecular formula is C28H26ClN3O5. The molecule has 0 bridgehead atoms. The van der Waals surface area contributed by atoms with Gasteiger partial charge < -0.3 is 20.1 Å². The quantitative estimate of drug-likeness (QED) is 0.270. The van der Waals surface area contributed by atoms with Crippen LogP contribution in [-0.2, 0) is 14.4 Å². The molecule has 2 N–H and O–H groups in total. The van der Waals surface area contributed by atoms with E-state index >= 15 is 0 Å². The number of benzene rings is 3. The van der Waals surface area contributed by atoms with Gasteiger partial charge in [0.15, 0.2) is 0 Å². The molecule has 0 aromatic heterocycles. The molecule has 1 aliphatic rings. The van der Waals surface area contributed by atoms with Crippen molar-refractivity contribution in [2.75, 3.05) is 36.3 Å². The Morgan fingerprint density at radius 3 is 2.35 bits per heavy atom. The maximum atomic E-state index is 13.4. The van der Waals surface area contributed by atoms with Crippen LogP contribution in [-0.4, -0.2) is 43.9 Å². The third-order valence-electron chi connectivity index (χ3n) is 6.04. The lowest BCUT2D eigenvalue weighted by molar-refractivity contribution is -0.132. The van der Waals surface area contributed by atoms with Crippen molar-refractivity contribution in [2.45, 2.75) is 13.0 Å². The average Bonchev–Trinajstić information content (AvgIpc) is 3.13. The van der Waals surface area contributed by atoms with Gasteiger partial charge in [0.2, 0.25) is 5.91 Å². The van der Waals surface area contributed by atoms with E-state index in [1.807, 2.05) is 43.3 Å². The van der Waals surface area contributed by atoms with Gasteiger partial charge in [-0.2, -0.15) is 0 Å². The molecule has 0 aliphatic carbocycles. The molecule has 1 fully saturated rings. The van der Waals surface area contributed by atoms with E-state index in [2.05, 4.69) is 5.32 Å². The summed E-state index contributed by atoms with van der Waals surface area (Å²) in [5.41, 5.74) is 2.60. The first-order valence-corrected chi connectivity index (χ1v) is 11.8. The Morgan fingerprint density at radius 1 is 1.05 bits per heavy atom. The third kappa shape index (κ3) is 5.01. The summed E-state index contributed by atoms with van der Waals surface area (Å²) in [7, 11) is 5.28. The van der Waals surface area contributed by atoms with E-state index in [0.717, 1.165) is 5.69 Å². The predicted octanol–water partition coefficient (Wildman–Crippen LogP) is 5.00. The zero-order chi connectivity index (χ0) is 26.9. The number of halogens is 1. The van der Waals surface area contributed by atoms with Gasteiger partial charge in [0.25, 0.3) is 11.7 Å². The van der Waals surface area contributed by atoms with Crippen molar-refractivity contribution < 1.29 is 24.2 Å². The second-order valence-electron chi connectivity index (χ2n) is 8.74. The van der Waals surface area contributed by atoms with Crippen LogP contribution in [0.5, 0.6) is 5.75 Å². The van der Waals surface area contributed by atoms with Gasteiger partial charge in [0, 0.05) is 43.6 Å². The Labute approximate surface area is 219 Å². The summed E-state index contributed by atoms with van der Waals surface area (Å²) in [6.45, 7) is 1.38. The first kappa shape index (κ1) is 25.8. The number of nitrogens with one attached hydrogen (secondary N) is 1. The zero-order valence-corrected chi connectivity index (χ0v) is 21.5. The van der Waals surface area contributed by atoms with E-state index in [4.69, 9.17) is 16.3 Å². The largest absolute Gasteiger partial charge is 0.507 e. The lowest BCUT2D eigenvalue weighted by Gasteiger charge is -2.26. The second kappa shape index (κ2) is 10.4. The van der Waals surface area contributed by atoms with Gasteiger partial charge in [-0.05, 0) is 54.1 Å². The van der Waals surface area contributed by atoms with Crippen LogP contribution < -0.4 is 19.9 Å². The lowest BCUT2D eigenvalue weighted by atomic mass is 9.95. The molecule has 9 heteroatoms. The number of aliphatic hydroxyl groups is 1. The van der Waals surface area contributed by atoms with Crippen LogP contribution >= 0.6 is 11.6 Å². The molecule has 0 saturated carbocycles. The topological polar surface area (TPSA) is 99.2 Å². The SMILES string of the molecule is COc1ccc(/C(O)=C2\C(=O)C(=O)N(c3cccc(NC(C)=O)c3)C2c2ccc(N(C)C)cc2)cc1Cl. The lowest BCUT2D eigenvalue weighted by Crippen LogP contribution is -2.29. The van der Waals surface area contributed by atoms with Gasteiger partial charge in [-0.3, -0.25) is 19.3 Å². The highest BCUT2D eigenvalue weighted by Crippen LogP contribution is 2.43. The van der Waals surface area contributed by atoms with Crippen LogP contribution in [0.3, 0.4) is 0 Å². The number of methoxy groups -OCH3 is 1. The van der Waals surface area contributed by atoms with Gasteiger partial charge in [-0.15, -0.1) is 0 Å². The van der Waals surface area contributed by atoms with Crippen molar-refractivity contribution in [3.63, 3.8) is 0 Å². The van der Waals surface area contributed by atoms with E-state index in [0.29, 0.717) is 22.7 Å². The number of hydrogen-bond acceptors (Lipinski definition) is 6. The minimum Gasteiger partial charge on any atom is -0.507 e. The molecule has 0 spiro atoms. The molecule has 37 heavy (non-hydrogen) atoms. The van der Waals surface area contributed by atoms with Crippen molar-refractivity contribution >= 4 is 52.0 Å². The number of ketones is 1. The van der Waals surface area contributed by atoms with Crippen molar-refractivity contribution in [2.24, 2.45) is 0 Å². The highest BCUT2D eigenvalue weighted by Gasteiger charge is 2.47. The molecule has 3 aromatic rings. The van der Waals surface area contributed by atoms with E-state index in [1.54, 1.807) is 36.4 Å². The number of amides is 2. The zero-order valence-electron chi connectivity index (χ0n) is 20.8. The number of hydrogen-bond donors (Lipinski definition) is 2. The Kier molecular flexibility index (Phi) is 7.22. The number of rotatable bonds is 6. The minimum atomic E-state index is -0.926. The van der Waals surface area contributed by atoms with E-state index in [-0.39, 0.29) is 27.8 Å². The number of carbonyl (C=O) groups is 3. The van der Waals surface area contributed by atoms with Gasteiger partial charge in [-0.1, -0.05) is 29.8 Å². The summed E-state index contributed by atoms with van der Waals surface area (Å²) in [4.78, 5) is 41.6. The van der Waals surface area contributed by atoms with Crippen molar-refractivity contribution in [3.05, 3.63) is 88.5 Å². The summed E-state index contributed by atoms with van der Waals surface area (Å²) in [6, 6.07) is 17.7. The fourth-order valence-electron chi connectivity index (χ4n) is 4.27. The molecule has 2 amide bonds. The second-order valence-corrected chi connectivity index (χ2v) is 9.14. The Bertz CT molecular complexity index is 1420. The predicted molar refractivity (Wildman–Crippen MR) is 144 cm³/mol. The number of carbonyl (C=O) groups excluding carboxylic acids is 3. The average molecular weight is 520 g/mol. The van der Waals surface area contributed by atoms with Crippen LogP contribution in [0.4, 0.5) is 17.1 Å². The minimum absolute atomic E-state index is 0.0752. The Balaban J connectivity index is 1.91. The molecule has 1 unspecified atom stereocenters. The van der Waals surface area contributed by atoms with E-state index in [1.165, 1.54) is 25.0 Å². The molecule has 1 aliphatic heterocycles. The Morgan fingerprint density at radius 2 is 1.76 bits per heavy atom. The maximum absolute atomic E-state index is 13.4. The number of nitrogens with zero attached hydrogens (tertiary/aromatic N) is 2. The highest BCUT2D eigenvalue weighted by molar-refractivity contribution is 6.51. The normalized spacial score (nSPS) is 16.6. The molecule has 190 valence electrons. The molecule has 4 rings (SSSR count). The fourth-order valence-corrected chi connectivity index (χ4v) is 4.53. The molecule has 1 atom stereocenters. The van der Waals surface area contributed by atoms with Crippen LogP contribution in [0, 0.1) is 0 Å². The molecule has 8 nitrogen and oxygen atoms in total. The van der Waals surface area contributed by atoms with Crippen molar-refractivity contribution in [1.29, 1.82) is 0 Å². The summed E-state index contributed by atoms with van der Waals surface area (Å²) in [5.74, 6) is -1.86. The smallest absolute Gasteiger partial charge is 0.300 e. The first-order chi connectivity index (χ1) is 17.6. The van der Waals surface area contributed by atoms with Crippen molar-refractivity contribution in [3.8, 4) is 5.75 Å². The van der Waals surface area contributed by atoms with Crippen LogP contribution in [0.25, 0.3) is 5.76 Å². The van der Waals surface area contributed by atoms with Crippen LogP contribution in [0.2, 0.25) is 5.02 Å². The highest BCUT2D eigenvalue weighted by atomic mass is 35.5. The molecular weight excluding hydrogens is 494 g/mol. The first-order valence-electron chi connectivity index (χ1n) is 11.4. The molecule has 3 aromatic carbocycles. The molecule has 0 radical (unpaired) electrons. The van der Waals surface area contributed by atoms with Gasteiger partial charge >= 0.3 is 0 Å². The summed E-state index contributed by atoms with van der Waals surface area (Å²) >= 11 is 6.27.